The first-order valence-corrected chi connectivity index (χ1v) is 12.4. The Morgan fingerprint density at radius 3 is 2.51 bits per heavy atom. The summed E-state index contributed by atoms with van der Waals surface area (Å²) in [7, 11) is -3.84. The molecule has 192 valence electrons. The number of nitrogens with one attached hydrogen (secondary N) is 2. The third-order valence-corrected chi connectivity index (χ3v) is 5.60. The quantitative estimate of drug-likeness (QED) is 0.335. The van der Waals surface area contributed by atoms with Gasteiger partial charge in [0.2, 0.25) is 16.0 Å². The summed E-state index contributed by atoms with van der Waals surface area (Å²) in [5, 5.41) is 6.17. The lowest BCUT2D eigenvalue weighted by Gasteiger charge is -2.13. The van der Waals surface area contributed by atoms with Crippen LogP contribution in [-0.4, -0.2) is 40.3 Å². The summed E-state index contributed by atoms with van der Waals surface area (Å²) >= 11 is 5.79. The molecule has 0 aliphatic carbocycles. The minimum Gasteiger partial charge on any atom is -0.324 e. The molecule has 15 heteroatoms. The van der Waals surface area contributed by atoms with E-state index in [1.165, 1.54) is 42.6 Å². The normalized spacial score (nSPS) is 11.8. The standard InChI is InChI=1S/C22H15ClF4N6O3S/c1-37(35,36)32-20(34)13-4-2-3-12(9-13)15-11-28-21(29-14-5-6-17(24)16(23)10-14)30-19(15)33-8-7-18(31-33)22(25,26)27/h2-11H,1H3,(H,32,34)(H,28,29,30). The lowest BCUT2D eigenvalue weighted by atomic mass is 10.0. The number of carbonyl (C=O) groups excluding carboxylic acids is 1. The van der Waals surface area contributed by atoms with E-state index in [-0.39, 0.29) is 33.5 Å². The molecule has 0 saturated carbocycles. The van der Waals surface area contributed by atoms with Crippen molar-refractivity contribution in [2.75, 3.05) is 11.6 Å². The van der Waals surface area contributed by atoms with Crippen LogP contribution in [0.2, 0.25) is 5.02 Å². The summed E-state index contributed by atoms with van der Waals surface area (Å²) < 4.78 is 78.7. The Balaban J connectivity index is 1.80. The Hall–Kier alpha value is -4.04. The van der Waals surface area contributed by atoms with Crippen LogP contribution in [0.5, 0.6) is 0 Å². The van der Waals surface area contributed by atoms with Crippen LogP contribution >= 0.6 is 11.6 Å². The summed E-state index contributed by atoms with van der Waals surface area (Å²) in [5.74, 6) is -1.73. The van der Waals surface area contributed by atoms with Gasteiger partial charge >= 0.3 is 6.18 Å². The predicted molar refractivity (Wildman–Crippen MR) is 127 cm³/mol. The third kappa shape index (κ3) is 6.21. The highest BCUT2D eigenvalue weighted by atomic mass is 35.5. The predicted octanol–water partition coefficient (Wildman–Crippen LogP) is 4.57. The Morgan fingerprint density at radius 2 is 1.86 bits per heavy atom. The maximum absolute atomic E-state index is 13.5. The molecule has 0 spiro atoms. The van der Waals surface area contributed by atoms with Crippen LogP contribution in [0.25, 0.3) is 16.9 Å². The van der Waals surface area contributed by atoms with E-state index in [0.29, 0.717) is 5.69 Å². The van der Waals surface area contributed by atoms with Gasteiger partial charge in [-0.05, 0) is 42.0 Å². The largest absolute Gasteiger partial charge is 0.435 e. The van der Waals surface area contributed by atoms with Gasteiger partial charge in [0.05, 0.1) is 11.3 Å². The van der Waals surface area contributed by atoms with Crippen LogP contribution < -0.4 is 10.0 Å². The molecule has 4 rings (SSSR count). The maximum Gasteiger partial charge on any atom is 0.435 e. The van der Waals surface area contributed by atoms with Gasteiger partial charge in [-0.1, -0.05) is 23.7 Å². The number of amides is 1. The number of carbonyl (C=O) groups is 1. The number of halogens is 5. The third-order valence-electron chi connectivity index (χ3n) is 4.75. The van der Waals surface area contributed by atoms with E-state index < -0.39 is 33.6 Å². The van der Waals surface area contributed by atoms with Gasteiger partial charge in [-0.15, -0.1) is 0 Å². The molecule has 0 atom stereocenters. The number of sulfonamides is 1. The van der Waals surface area contributed by atoms with Gasteiger partial charge in [-0.25, -0.2) is 27.2 Å². The lowest BCUT2D eigenvalue weighted by molar-refractivity contribution is -0.141. The molecule has 0 unspecified atom stereocenters. The first-order valence-electron chi connectivity index (χ1n) is 10.1. The Morgan fingerprint density at radius 1 is 1.11 bits per heavy atom. The summed E-state index contributed by atoms with van der Waals surface area (Å²) in [6, 6.07) is 10.2. The second kappa shape index (κ2) is 9.78. The highest BCUT2D eigenvalue weighted by molar-refractivity contribution is 7.89. The molecule has 0 aliphatic rings. The van der Waals surface area contributed by atoms with Crippen LogP contribution in [0.4, 0.5) is 29.2 Å². The van der Waals surface area contributed by atoms with Gasteiger partial charge in [0.25, 0.3) is 5.91 Å². The maximum atomic E-state index is 13.5. The number of benzene rings is 2. The number of nitrogens with zero attached hydrogens (tertiary/aromatic N) is 4. The van der Waals surface area contributed by atoms with E-state index in [1.54, 1.807) is 0 Å². The Bertz CT molecular complexity index is 1610. The average Bonchev–Trinajstić information content (AvgIpc) is 3.31. The van der Waals surface area contributed by atoms with E-state index >= 15 is 0 Å². The zero-order valence-electron chi connectivity index (χ0n) is 18.6. The van der Waals surface area contributed by atoms with Crippen LogP contribution in [0.15, 0.2) is 60.9 Å². The molecule has 2 aromatic carbocycles. The number of rotatable bonds is 6. The Labute approximate surface area is 212 Å². The molecule has 0 radical (unpaired) electrons. The SMILES string of the molecule is CS(=O)(=O)NC(=O)c1cccc(-c2cnc(Nc3ccc(F)c(Cl)c3)nc2-n2ccc(C(F)(F)F)n2)c1. The van der Waals surface area contributed by atoms with E-state index in [1.807, 2.05) is 4.72 Å². The van der Waals surface area contributed by atoms with Crippen LogP contribution in [0, 0.1) is 5.82 Å². The van der Waals surface area contributed by atoms with Crippen LogP contribution in [0.3, 0.4) is 0 Å². The van der Waals surface area contributed by atoms with Gasteiger partial charge in [0.15, 0.2) is 11.5 Å². The van der Waals surface area contributed by atoms with Crippen LogP contribution in [-0.2, 0) is 16.2 Å². The molecule has 37 heavy (non-hydrogen) atoms. The topological polar surface area (TPSA) is 119 Å². The zero-order valence-corrected chi connectivity index (χ0v) is 20.2. The molecule has 0 fully saturated rings. The molecule has 0 saturated heterocycles. The second-order valence-electron chi connectivity index (χ2n) is 7.61. The summed E-state index contributed by atoms with van der Waals surface area (Å²) in [4.78, 5) is 20.7. The molecular weight excluding hydrogens is 540 g/mol. The van der Waals surface area contributed by atoms with Crippen molar-refractivity contribution in [1.82, 2.24) is 24.5 Å². The fourth-order valence-corrected chi connectivity index (χ4v) is 3.80. The van der Waals surface area contributed by atoms with Crippen molar-refractivity contribution in [3.63, 3.8) is 0 Å². The van der Waals surface area contributed by atoms with Crippen molar-refractivity contribution in [3.8, 4) is 16.9 Å². The molecule has 0 aliphatic heterocycles. The fraction of sp³-hybridized carbons (Fsp3) is 0.0909. The van der Waals surface area contributed by atoms with Crippen molar-refractivity contribution >= 4 is 39.2 Å². The molecule has 0 bridgehead atoms. The molecule has 2 heterocycles. The molecule has 1 amide bonds. The smallest absolute Gasteiger partial charge is 0.324 e. The van der Waals surface area contributed by atoms with Gasteiger partial charge < -0.3 is 5.32 Å². The summed E-state index contributed by atoms with van der Waals surface area (Å²) in [5.41, 5.74) is -0.433. The summed E-state index contributed by atoms with van der Waals surface area (Å²) in [6.07, 6.45) is -1.57. The van der Waals surface area contributed by atoms with Gasteiger partial charge in [-0.2, -0.15) is 23.3 Å². The molecule has 2 N–H and O–H groups in total. The zero-order chi connectivity index (χ0) is 27.0. The van der Waals surface area contributed by atoms with Crippen molar-refractivity contribution in [2.24, 2.45) is 0 Å². The first-order chi connectivity index (χ1) is 17.3. The van der Waals surface area contributed by atoms with Crippen molar-refractivity contribution < 1.29 is 30.8 Å². The number of alkyl halides is 3. The fourth-order valence-electron chi connectivity index (χ4n) is 3.16. The number of aromatic nitrogens is 4. The summed E-state index contributed by atoms with van der Waals surface area (Å²) in [6.45, 7) is 0. The van der Waals surface area contributed by atoms with Crippen LogP contribution in [0.1, 0.15) is 16.1 Å². The highest BCUT2D eigenvalue weighted by Crippen LogP contribution is 2.31. The number of anilines is 2. The first kappa shape index (κ1) is 26.0. The van der Waals surface area contributed by atoms with E-state index in [2.05, 4.69) is 20.4 Å². The van der Waals surface area contributed by atoms with Gasteiger partial charge in [0.1, 0.15) is 5.82 Å². The molecule has 4 aromatic rings. The van der Waals surface area contributed by atoms with Crippen molar-refractivity contribution in [3.05, 3.63) is 83.0 Å². The van der Waals surface area contributed by atoms with Crippen molar-refractivity contribution in [1.29, 1.82) is 0 Å². The number of hydrogen-bond donors (Lipinski definition) is 2. The molecule has 2 aromatic heterocycles. The van der Waals surface area contributed by atoms with E-state index in [4.69, 9.17) is 11.6 Å². The van der Waals surface area contributed by atoms with Gasteiger partial charge in [-0.3, -0.25) is 4.79 Å². The van der Waals surface area contributed by atoms with Gasteiger partial charge in [0, 0.05) is 29.2 Å². The molecular formula is C22H15ClF4N6O3S. The monoisotopic (exact) mass is 554 g/mol. The van der Waals surface area contributed by atoms with Crippen molar-refractivity contribution in [2.45, 2.75) is 6.18 Å². The second-order valence-corrected chi connectivity index (χ2v) is 9.77. The number of hydrogen-bond acceptors (Lipinski definition) is 7. The molecule has 9 nitrogen and oxygen atoms in total. The minimum absolute atomic E-state index is 0.0338. The highest BCUT2D eigenvalue weighted by Gasteiger charge is 2.34. The van der Waals surface area contributed by atoms with E-state index in [9.17, 15) is 30.8 Å². The average molecular weight is 555 g/mol. The lowest BCUT2D eigenvalue weighted by Crippen LogP contribution is -2.29. The Kier molecular flexibility index (Phi) is 6.88. The van der Waals surface area contributed by atoms with E-state index in [0.717, 1.165) is 29.3 Å². The minimum atomic E-state index is -4.71.